The summed E-state index contributed by atoms with van der Waals surface area (Å²) in [4.78, 5) is 5.97. The van der Waals surface area contributed by atoms with Gasteiger partial charge in [-0.15, -0.1) is 11.3 Å². The molecule has 1 aromatic rings. The Bertz CT molecular complexity index is 265. The van der Waals surface area contributed by atoms with Crippen LogP contribution in [0.5, 0.6) is 0 Å². The Hall–Kier alpha value is -0.370. The Morgan fingerprint density at radius 2 is 2.42 bits per heavy atom. The molecular weight excluding hydrogens is 166 g/mol. The second-order valence-corrected chi connectivity index (χ2v) is 4.79. The van der Waals surface area contributed by atoms with Crippen LogP contribution in [0.2, 0.25) is 0 Å². The molecule has 1 aromatic heterocycles. The topological polar surface area (TPSA) is 12.9 Å². The summed E-state index contributed by atoms with van der Waals surface area (Å²) in [5.74, 6) is 1.57. The number of rotatable bonds is 1. The van der Waals surface area contributed by atoms with Gasteiger partial charge in [0.05, 0.1) is 11.2 Å². The number of hydrogen-bond donors (Lipinski definition) is 0. The number of aryl methyl sites for hydroxylation is 1. The van der Waals surface area contributed by atoms with E-state index in [0.717, 1.165) is 11.8 Å². The van der Waals surface area contributed by atoms with Crippen molar-refractivity contribution in [2.45, 2.75) is 39.0 Å². The Labute approximate surface area is 77.8 Å². The maximum Gasteiger partial charge on any atom is 0.0797 e. The van der Waals surface area contributed by atoms with Crippen molar-refractivity contribution in [2.75, 3.05) is 0 Å². The van der Waals surface area contributed by atoms with Crippen molar-refractivity contribution < 1.29 is 0 Å². The maximum absolute atomic E-state index is 4.41. The summed E-state index contributed by atoms with van der Waals surface area (Å²) in [6.07, 6.45) is 3.91. The third kappa shape index (κ3) is 1.28. The Balaban J connectivity index is 2.31. The quantitative estimate of drug-likeness (QED) is 0.648. The second-order valence-electron chi connectivity index (χ2n) is 3.91. The third-order valence-corrected chi connectivity index (χ3v) is 3.75. The first-order chi connectivity index (χ1) is 5.79. The lowest BCUT2D eigenvalue weighted by Crippen LogP contribution is -2.12. The fourth-order valence-corrected chi connectivity index (χ4v) is 3.17. The number of thiazole rings is 1. The average Bonchev–Trinajstić information content (AvgIpc) is 2.49. The van der Waals surface area contributed by atoms with E-state index in [0.29, 0.717) is 0 Å². The molecule has 12 heavy (non-hydrogen) atoms. The van der Waals surface area contributed by atoms with Crippen LogP contribution in [-0.2, 0) is 6.42 Å². The molecule has 0 spiro atoms. The molecule has 0 saturated heterocycles. The van der Waals surface area contributed by atoms with Crippen LogP contribution in [0.1, 0.15) is 43.2 Å². The molecular formula is C10H15NS. The lowest BCUT2D eigenvalue weighted by Gasteiger charge is -2.24. The summed E-state index contributed by atoms with van der Waals surface area (Å²) >= 11 is 1.85. The lowest BCUT2D eigenvalue weighted by molar-refractivity contribution is 0.438. The fourth-order valence-electron chi connectivity index (χ4n) is 2.02. The van der Waals surface area contributed by atoms with Gasteiger partial charge in [0.25, 0.3) is 0 Å². The summed E-state index contributed by atoms with van der Waals surface area (Å²) in [5.41, 5.74) is 3.38. The van der Waals surface area contributed by atoms with Crippen molar-refractivity contribution in [3.63, 3.8) is 0 Å². The summed E-state index contributed by atoms with van der Waals surface area (Å²) in [5, 5.41) is 0. The van der Waals surface area contributed by atoms with E-state index in [1.54, 1.807) is 4.88 Å². The van der Waals surface area contributed by atoms with Crippen LogP contribution in [0.3, 0.4) is 0 Å². The Kier molecular flexibility index (Phi) is 2.18. The molecule has 0 radical (unpaired) electrons. The van der Waals surface area contributed by atoms with E-state index in [-0.39, 0.29) is 0 Å². The van der Waals surface area contributed by atoms with E-state index in [4.69, 9.17) is 0 Å². The molecule has 0 unspecified atom stereocenters. The van der Waals surface area contributed by atoms with Gasteiger partial charge >= 0.3 is 0 Å². The number of fused-ring (bicyclic) bond motifs is 1. The van der Waals surface area contributed by atoms with Gasteiger partial charge in [-0.25, -0.2) is 4.98 Å². The Morgan fingerprint density at radius 1 is 1.58 bits per heavy atom. The van der Waals surface area contributed by atoms with E-state index in [1.807, 2.05) is 16.8 Å². The summed E-state index contributed by atoms with van der Waals surface area (Å²) in [6.45, 7) is 4.64. The predicted molar refractivity (Wildman–Crippen MR) is 52.6 cm³/mol. The highest BCUT2D eigenvalue weighted by atomic mass is 32.1. The van der Waals surface area contributed by atoms with Crippen molar-refractivity contribution in [3.8, 4) is 0 Å². The number of hydrogen-bond acceptors (Lipinski definition) is 2. The van der Waals surface area contributed by atoms with E-state index < -0.39 is 0 Å². The zero-order chi connectivity index (χ0) is 8.55. The van der Waals surface area contributed by atoms with Crippen molar-refractivity contribution in [2.24, 2.45) is 5.92 Å². The van der Waals surface area contributed by atoms with Crippen LogP contribution in [0.25, 0.3) is 0 Å². The molecule has 66 valence electrons. The number of nitrogens with zero attached hydrogens (tertiary/aromatic N) is 1. The highest BCUT2D eigenvalue weighted by Crippen LogP contribution is 2.38. The minimum atomic E-state index is 0.782. The lowest BCUT2D eigenvalue weighted by atomic mass is 9.84. The van der Waals surface area contributed by atoms with E-state index in [2.05, 4.69) is 18.8 Å². The molecule has 0 N–H and O–H groups in total. The normalized spacial score (nSPS) is 22.8. The standard InChI is InChI=1S/C10H15NS/c1-7(2)8-4-3-5-9-10(8)12-6-11-9/h6-8H,3-5H2,1-2H3/t8-/m1/s1. The van der Waals surface area contributed by atoms with Crippen LogP contribution < -0.4 is 0 Å². The van der Waals surface area contributed by atoms with Gasteiger partial charge in [-0.05, 0) is 31.1 Å². The van der Waals surface area contributed by atoms with Crippen molar-refractivity contribution in [1.29, 1.82) is 0 Å². The highest BCUT2D eigenvalue weighted by Gasteiger charge is 2.24. The van der Waals surface area contributed by atoms with Crippen LogP contribution in [0, 0.1) is 5.92 Å². The van der Waals surface area contributed by atoms with Gasteiger partial charge in [0, 0.05) is 4.88 Å². The zero-order valence-electron chi connectivity index (χ0n) is 7.71. The molecule has 0 aliphatic heterocycles. The molecule has 0 aromatic carbocycles. The molecule has 0 fully saturated rings. The third-order valence-electron chi connectivity index (χ3n) is 2.74. The monoisotopic (exact) mass is 181 g/mol. The molecule has 0 amide bonds. The smallest absolute Gasteiger partial charge is 0.0797 e. The average molecular weight is 181 g/mol. The van der Waals surface area contributed by atoms with Crippen LogP contribution >= 0.6 is 11.3 Å². The van der Waals surface area contributed by atoms with E-state index >= 15 is 0 Å². The summed E-state index contributed by atoms with van der Waals surface area (Å²) in [6, 6.07) is 0. The van der Waals surface area contributed by atoms with Gasteiger partial charge < -0.3 is 0 Å². The molecule has 0 saturated carbocycles. The molecule has 1 aliphatic rings. The van der Waals surface area contributed by atoms with Crippen LogP contribution in [0.4, 0.5) is 0 Å². The minimum Gasteiger partial charge on any atom is -0.249 e. The van der Waals surface area contributed by atoms with Gasteiger partial charge in [0.15, 0.2) is 0 Å². The second kappa shape index (κ2) is 3.17. The molecule has 1 atom stereocenters. The predicted octanol–water partition coefficient (Wildman–Crippen LogP) is 3.22. The first kappa shape index (κ1) is 8.24. The van der Waals surface area contributed by atoms with Gasteiger partial charge in [-0.1, -0.05) is 13.8 Å². The van der Waals surface area contributed by atoms with Gasteiger partial charge in [-0.3, -0.25) is 0 Å². The zero-order valence-corrected chi connectivity index (χ0v) is 8.53. The van der Waals surface area contributed by atoms with Gasteiger partial charge in [0.1, 0.15) is 0 Å². The van der Waals surface area contributed by atoms with Crippen LogP contribution in [0.15, 0.2) is 5.51 Å². The molecule has 1 nitrogen and oxygen atoms in total. The molecule has 1 heterocycles. The van der Waals surface area contributed by atoms with Gasteiger partial charge in [0.2, 0.25) is 0 Å². The minimum absolute atomic E-state index is 0.782. The largest absolute Gasteiger partial charge is 0.249 e. The molecule has 2 rings (SSSR count). The molecule has 1 aliphatic carbocycles. The van der Waals surface area contributed by atoms with Gasteiger partial charge in [-0.2, -0.15) is 0 Å². The van der Waals surface area contributed by atoms with E-state index in [1.165, 1.54) is 25.0 Å². The first-order valence-corrected chi connectivity index (χ1v) is 5.59. The molecule has 2 heteroatoms. The maximum atomic E-state index is 4.41. The number of aromatic nitrogens is 1. The SMILES string of the molecule is CC(C)[C@H]1CCCc2ncsc21. The van der Waals surface area contributed by atoms with Crippen molar-refractivity contribution in [1.82, 2.24) is 4.98 Å². The van der Waals surface area contributed by atoms with Crippen molar-refractivity contribution >= 4 is 11.3 Å². The molecule has 0 bridgehead atoms. The first-order valence-electron chi connectivity index (χ1n) is 4.71. The fraction of sp³-hybridized carbons (Fsp3) is 0.700. The van der Waals surface area contributed by atoms with Crippen LogP contribution in [-0.4, -0.2) is 4.98 Å². The summed E-state index contributed by atoms with van der Waals surface area (Å²) in [7, 11) is 0. The Morgan fingerprint density at radius 3 is 3.17 bits per heavy atom. The van der Waals surface area contributed by atoms with E-state index in [9.17, 15) is 0 Å². The van der Waals surface area contributed by atoms with Crippen molar-refractivity contribution in [3.05, 3.63) is 16.1 Å². The summed E-state index contributed by atoms with van der Waals surface area (Å²) < 4.78 is 0. The highest BCUT2D eigenvalue weighted by molar-refractivity contribution is 7.09.